The lowest BCUT2D eigenvalue weighted by atomic mass is 10.1. The number of nitrogens with one attached hydrogen (secondary N) is 2. The van der Waals surface area contributed by atoms with Crippen LogP contribution in [0.4, 0.5) is 0 Å². The average molecular weight is 233 g/mol. The lowest BCUT2D eigenvalue weighted by Gasteiger charge is -2.00. The van der Waals surface area contributed by atoms with Crippen molar-refractivity contribution in [1.29, 1.82) is 0 Å². The van der Waals surface area contributed by atoms with Gasteiger partial charge in [-0.2, -0.15) is 0 Å². The highest BCUT2D eigenvalue weighted by Gasteiger charge is 2.12. The molecule has 2 aromatic carbocycles. The summed E-state index contributed by atoms with van der Waals surface area (Å²) in [4.78, 5) is 6.75. The SMILES string of the molecule is Cc1[nH]ccc2cc3[nH+]c4ccccc4c3cc12. The molecule has 2 heteroatoms. The van der Waals surface area contributed by atoms with Crippen molar-refractivity contribution in [2.24, 2.45) is 0 Å². The van der Waals surface area contributed by atoms with Crippen molar-refractivity contribution in [2.75, 3.05) is 0 Å². The number of hydrogen-bond acceptors (Lipinski definition) is 0. The van der Waals surface area contributed by atoms with Gasteiger partial charge in [0.15, 0.2) is 0 Å². The third kappa shape index (κ3) is 1.20. The maximum atomic E-state index is 3.48. The lowest BCUT2D eigenvalue weighted by molar-refractivity contribution is -0.307. The molecule has 0 spiro atoms. The average Bonchev–Trinajstić information content (AvgIpc) is 2.75. The van der Waals surface area contributed by atoms with Crippen LogP contribution < -0.4 is 4.98 Å². The molecule has 4 aromatic rings. The molecule has 0 amide bonds. The van der Waals surface area contributed by atoms with E-state index in [2.05, 4.69) is 59.4 Å². The van der Waals surface area contributed by atoms with Gasteiger partial charge in [0.1, 0.15) is 0 Å². The first-order valence-electron chi connectivity index (χ1n) is 6.14. The summed E-state index contributed by atoms with van der Waals surface area (Å²) in [5.41, 5.74) is 3.61. The number of aromatic nitrogens is 2. The van der Waals surface area contributed by atoms with Gasteiger partial charge in [-0.15, -0.1) is 0 Å². The van der Waals surface area contributed by atoms with E-state index in [1.54, 1.807) is 0 Å². The van der Waals surface area contributed by atoms with Crippen LogP contribution in [0, 0.1) is 6.92 Å². The van der Waals surface area contributed by atoms with Gasteiger partial charge in [0.2, 0.25) is 11.0 Å². The number of rotatable bonds is 0. The minimum atomic E-state index is 1.20. The normalized spacial score (nSPS) is 11.6. The largest absolute Gasteiger partial charge is 0.365 e. The van der Waals surface area contributed by atoms with Crippen molar-refractivity contribution in [1.82, 2.24) is 4.98 Å². The fraction of sp³-hybridized carbons (Fsp3) is 0.0625. The van der Waals surface area contributed by atoms with Crippen molar-refractivity contribution < 1.29 is 4.98 Å². The Morgan fingerprint density at radius 2 is 1.78 bits per heavy atom. The van der Waals surface area contributed by atoms with Crippen LogP contribution in [-0.4, -0.2) is 4.98 Å². The van der Waals surface area contributed by atoms with E-state index < -0.39 is 0 Å². The van der Waals surface area contributed by atoms with Gasteiger partial charge < -0.3 is 4.98 Å². The molecule has 0 aliphatic carbocycles. The Morgan fingerprint density at radius 1 is 0.889 bits per heavy atom. The predicted octanol–water partition coefficient (Wildman–Crippen LogP) is 3.60. The van der Waals surface area contributed by atoms with Gasteiger partial charge in [0.25, 0.3) is 0 Å². The molecule has 0 unspecified atom stereocenters. The van der Waals surface area contributed by atoms with E-state index in [0.29, 0.717) is 0 Å². The zero-order chi connectivity index (χ0) is 12.1. The molecular formula is C16H13N2+. The van der Waals surface area contributed by atoms with Crippen molar-refractivity contribution in [3.63, 3.8) is 0 Å². The van der Waals surface area contributed by atoms with Gasteiger partial charge in [-0.05, 0) is 30.5 Å². The fourth-order valence-electron chi connectivity index (χ4n) is 2.71. The topological polar surface area (TPSA) is 29.9 Å². The van der Waals surface area contributed by atoms with Crippen molar-refractivity contribution in [2.45, 2.75) is 6.92 Å². The number of H-pyrrole nitrogens is 2. The van der Waals surface area contributed by atoms with Gasteiger partial charge in [0.05, 0.1) is 10.8 Å². The lowest BCUT2D eigenvalue weighted by Crippen LogP contribution is -1.96. The van der Waals surface area contributed by atoms with E-state index in [1.165, 1.54) is 38.3 Å². The van der Waals surface area contributed by atoms with Crippen LogP contribution >= 0.6 is 0 Å². The van der Waals surface area contributed by atoms with Gasteiger partial charge in [-0.3, -0.25) is 0 Å². The summed E-state index contributed by atoms with van der Waals surface area (Å²) < 4.78 is 0. The smallest absolute Gasteiger partial charge is 0.212 e. The quantitative estimate of drug-likeness (QED) is 0.481. The van der Waals surface area contributed by atoms with Crippen LogP contribution in [0.1, 0.15) is 5.69 Å². The molecule has 0 atom stereocenters. The second-order valence-electron chi connectivity index (χ2n) is 4.76. The Bertz CT molecular complexity index is 887. The molecule has 0 fully saturated rings. The van der Waals surface area contributed by atoms with E-state index >= 15 is 0 Å². The molecule has 0 bridgehead atoms. The third-order valence-electron chi connectivity index (χ3n) is 3.64. The number of pyridine rings is 1. The summed E-state index contributed by atoms with van der Waals surface area (Å²) in [5, 5.41) is 5.14. The number of hydrogen-bond donors (Lipinski definition) is 1. The predicted molar refractivity (Wildman–Crippen MR) is 74.6 cm³/mol. The zero-order valence-electron chi connectivity index (χ0n) is 10.1. The number of para-hydroxylation sites is 1. The Balaban J connectivity index is 2.28. The molecule has 0 radical (unpaired) electrons. The molecule has 18 heavy (non-hydrogen) atoms. The van der Waals surface area contributed by atoms with Crippen LogP contribution in [-0.2, 0) is 0 Å². The molecule has 0 saturated carbocycles. The monoisotopic (exact) mass is 233 g/mol. The van der Waals surface area contributed by atoms with Gasteiger partial charge >= 0.3 is 0 Å². The molecule has 0 saturated heterocycles. The molecule has 2 aromatic heterocycles. The zero-order valence-corrected chi connectivity index (χ0v) is 10.1. The molecule has 2 heterocycles. The second-order valence-corrected chi connectivity index (χ2v) is 4.76. The standard InChI is InChI=1S/C16H12N2/c1-10-13-9-14-12-4-2-3-5-15(12)18-16(14)8-11(13)6-7-17-10/h2-9,17H,1H3/p+1. The molecular weight excluding hydrogens is 220 g/mol. The number of aryl methyl sites for hydroxylation is 1. The summed E-state index contributed by atoms with van der Waals surface area (Å²) in [6, 6.07) is 15.1. The maximum absolute atomic E-state index is 3.48. The Morgan fingerprint density at radius 3 is 2.72 bits per heavy atom. The van der Waals surface area contributed by atoms with E-state index in [1.807, 2.05) is 6.20 Å². The number of fused-ring (bicyclic) bond motifs is 4. The minimum absolute atomic E-state index is 1.20. The second kappa shape index (κ2) is 3.33. The maximum Gasteiger partial charge on any atom is 0.212 e. The van der Waals surface area contributed by atoms with Crippen LogP contribution in [0.2, 0.25) is 0 Å². The molecule has 0 aliphatic rings. The van der Waals surface area contributed by atoms with Gasteiger partial charge in [0, 0.05) is 29.4 Å². The van der Waals surface area contributed by atoms with E-state index in [4.69, 9.17) is 0 Å². The summed E-state index contributed by atoms with van der Waals surface area (Å²) in [7, 11) is 0. The van der Waals surface area contributed by atoms with Gasteiger partial charge in [-0.1, -0.05) is 12.1 Å². The molecule has 4 rings (SSSR count). The first-order valence-corrected chi connectivity index (χ1v) is 6.14. The van der Waals surface area contributed by atoms with E-state index in [0.717, 1.165) is 0 Å². The number of aromatic amines is 2. The fourth-order valence-corrected chi connectivity index (χ4v) is 2.71. The van der Waals surface area contributed by atoms with E-state index in [9.17, 15) is 0 Å². The number of benzene rings is 2. The Kier molecular flexibility index (Phi) is 1.78. The van der Waals surface area contributed by atoms with Crippen LogP contribution in [0.3, 0.4) is 0 Å². The summed E-state index contributed by atoms with van der Waals surface area (Å²) in [6.45, 7) is 2.11. The highest BCUT2D eigenvalue weighted by atomic mass is 14.7. The summed E-state index contributed by atoms with van der Waals surface area (Å²) >= 11 is 0. The van der Waals surface area contributed by atoms with Crippen LogP contribution in [0.25, 0.3) is 32.6 Å². The third-order valence-corrected chi connectivity index (χ3v) is 3.64. The van der Waals surface area contributed by atoms with Crippen molar-refractivity contribution in [3.8, 4) is 0 Å². The summed E-state index contributed by atoms with van der Waals surface area (Å²) in [6.07, 6.45) is 1.99. The highest BCUT2D eigenvalue weighted by Crippen LogP contribution is 2.27. The molecule has 2 nitrogen and oxygen atoms in total. The molecule has 86 valence electrons. The molecule has 2 N–H and O–H groups in total. The molecule has 0 aliphatic heterocycles. The summed E-state index contributed by atoms with van der Waals surface area (Å²) in [5.74, 6) is 0. The Labute approximate surface area is 104 Å². The van der Waals surface area contributed by atoms with Gasteiger partial charge in [-0.25, -0.2) is 4.98 Å². The minimum Gasteiger partial charge on any atom is -0.365 e. The Hall–Kier alpha value is -2.35. The van der Waals surface area contributed by atoms with E-state index in [-0.39, 0.29) is 0 Å². The van der Waals surface area contributed by atoms with Crippen molar-refractivity contribution >= 4 is 32.6 Å². The highest BCUT2D eigenvalue weighted by molar-refractivity contribution is 6.09. The first-order chi connectivity index (χ1) is 8.83. The van der Waals surface area contributed by atoms with Crippen LogP contribution in [0.5, 0.6) is 0 Å². The van der Waals surface area contributed by atoms with Crippen LogP contribution in [0.15, 0.2) is 48.7 Å². The first kappa shape index (κ1) is 9.66. The van der Waals surface area contributed by atoms with Crippen molar-refractivity contribution in [3.05, 3.63) is 54.4 Å².